The molecule has 1 aliphatic rings. The minimum Gasteiger partial charge on any atom is -0.493 e. The number of ether oxygens (including phenoxy) is 1. The molecule has 1 amide bonds. The summed E-state index contributed by atoms with van der Waals surface area (Å²) in [7, 11) is 1.78. The Bertz CT molecular complexity index is 672. The van der Waals surface area contributed by atoms with Crippen LogP contribution >= 0.6 is 0 Å². The zero-order chi connectivity index (χ0) is 15.4. The van der Waals surface area contributed by atoms with E-state index in [9.17, 15) is 4.79 Å². The zero-order valence-electron chi connectivity index (χ0n) is 12.5. The second-order valence-corrected chi connectivity index (χ2v) is 5.38. The number of hydrogen-bond donors (Lipinski definition) is 2. The summed E-state index contributed by atoms with van der Waals surface area (Å²) in [6.45, 7) is 1.24. The lowest BCUT2D eigenvalue weighted by Gasteiger charge is -2.25. The van der Waals surface area contributed by atoms with E-state index in [1.165, 1.54) is 5.56 Å². The average molecular weight is 297 g/mol. The van der Waals surface area contributed by atoms with Crippen molar-refractivity contribution in [1.82, 2.24) is 10.3 Å². The Hall–Kier alpha value is -2.56. The number of fused-ring (bicyclic) bond motifs is 1. The number of rotatable bonds is 4. The van der Waals surface area contributed by atoms with Crippen molar-refractivity contribution in [3.8, 4) is 5.75 Å². The summed E-state index contributed by atoms with van der Waals surface area (Å²) >= 11 is 0. The van der Waals surface area contributed by atoms with E-state index in [-0.39, 0.29) is 5.91 Å². The number of nitrogens with one attached hydrogen (secondary N) is 2. The van der Waals surface area contributed by atoms with E-state index in [1.54, 1.807) is 25.4 Å². The van der Waals surface area contributed by atoms with Crippen LogP contribution in [0.25, 0.3) is 0 Å². The third-order valence-corrected chi connectivity index (χ3v) is 3.79. The van der Waals surface area contributed by atoms with Crippen LogP contribution in [0.1, 0.15) is 15.9 Å². The standard InChI is InChI=1S/C17H19N3O2/c1-18-16-9-14(6-7-19-16)17(21)20-10-12-8-13-4-2-3-5-15(13)22-11-12/h2-7,9,12H,8,10-11H2,1H3,(H,18,19)(H,20,21)/t12-/m1/s1. The van der Waals surface area contributed by atoms with Crippen molar-refractivity contribution < 1.29 is 9.53 Å². The van der Waals surface area contributed by atoms with Crippen molar-refractivity contribution in [3.63, 3.8) is 0 Å². The molecule has 5 nitrogen and oxygen atoms in total. The number of hydrogen-bond acceptors (Lipinski definition) is 4. The third kappa shape index (κ3) is 3.19. The second-order valence-electron chi connectivity index (χ2n) is 5.38. The van der Waals surface area contributed by atoms with E-state index in [0.29, 0.717) is 30.5 Å². The van der Waals surface area contributed by atoms with Gasteiger partial charge in [-0.15, -0.1) is 0 Å². The highest BCUT2D eigenvalue weighted by Crippen LogP contribution is 2.26. The lowest BCUT2D eigenvalue weighted by atomic mass is 9.96. The van der Waals surface area contributed by atoms with Gasteiger partial charge >= 0.3 is 0 Å². The van der Waals surface area contributed by atoms with Crippen molar-refractivity contribution in [1.29, 1.82) is 0 Å². The molecule has 0 aliphatic carbocycles. The molecule has 3 rings (SSSR count). The Morgan fingerprint density at radius 3 is 3.09 bits per heavy atom. The maximum Gasteiger partial charge on any atom is 0.251 e. The number of amides is 1. The fourth-order valence-corrected chi connectivity index (χ4v) is 2.57. The number of anilines is 1. The van der Waals surface area contributed by atoms with Gasteiger partial charge in [0.1, 0.15) is 11.6 Å². The Morgan fingerprint density at radius 2 is 2.23 bits per heavy atom. The largest absolute Gasteiger partial charge is 0.493 e. The molecule has 5 heteroatoms. The van der Waals surface area contributed by atoms with E-state index in [1.807, 2.05) is 18.2 Å². The fraction of sp³-hybridized carbons (Fsp3) is 0.294. The first-order chi connectivity index (χ1) is 10.8. The number of benzene rings is 1. The van der Waals surface area contributed by atoms with Crippen molar-refractivity contribution in [2.24, 2.45) is 5.92 Å². The summed E-state index contributed by atoms with van der Waals surface area (Å²) in [4.78, 5) is 16.3. The monoisotopic (exact) mass is 297 g/mol. The topological polar surface area (TPSA) is 63.2 Å². The van der Waals surface area contributed by atoms with Crippen LogP contribution in [0.15, 0.2) is 42.6 Å². The van der Waals surface area contributed by atoms with Crippen LogP contribution in [0.4, 0.5) is 5.82 Å². The number of para-hydroxylation sites is 1. The smallest absolute Gasteiger partial charge is 0.251 e. The number of aromatic nitrogens is 1. The van der Waals surface area contributed by atoms with Crippen molar-refractivity contribution in [2.45, 2.75) is 6.42 Å². The van der Waals surface area contributed by atoms with Crippen LogP contribution < -0.4 is 15.4 Å². The number of nitrogens with zero attached hydrogens (tertiary/aromatic N) is 1. The van der Waals surface area contributed by atoms with Gasteiger partial charge in [0.25, 0.3) is 5.91 Å². The molecule has 2 N–H and O–H groups in total. The molecule has 0 bridgehead atoms. The predicted octanol–water partition coefficient (Wildman–Crippen LogP) is 2.10. The van der Waals surface area contributed by atoms with Gasteiger partial charge in [-0.25, -0.2) is 4.98 Å². The molecular formula is C17H19N3O2. The molecule has 114 valence electrons. The molecule has 0 saturated heterocycles. The maximum atomic E-state index is 12.2. The Balaban J connectivity index is 1.58. The van der Waals surface area contributed by atoms with Crippen molar-refractivity contribution in [3.05, 3.63) is 53.7 Å². The summed E-state index contributed by atoms with van der Waals surface area (Å²) in [5.74, 6) is 1.85. The second kappa shape index (κ2) is 6.47. The number of carbonyl (C=O) groups is 1. The van der Waals surface area contributed by atoms with Crippen LogP contribution in [0.3, 0.4) is 0 Å². The van der Waals surface area contributed by atoms with Crippen molar-refractivity contribution >= 4 is 11.7 Å². The first-order valence-corrected chi connectivity index (χ1v) is 7.39. The van der Waals surface area contributed by atoms with Gasteiger partial charge in [-0.3, -0.25) is 4.79 Å². The molecule has 1 aliphatic heterocycles. The van der Waals surface area contributed by atoms with Crippen LogP contribution in [-0.2, 0) is 6.42 Å². The quantitative estimate of drug-likeness (QED) is 0.907. The summed E-state index contributed by atoms with van der Waals surface area (Å²) in [5.41, 5.74) is 1.81. The number of carbonyl (C=O) groups excluding carboxylic acids is 1. The Kier molecular flexibility index (Phi) is 4.23. The lowest BCUT2D eigenvalue weighted by Crippen LogP contribution is -2.34. The van der Waals surface area contributed by atoms with E-state index in [0.717, 1.165) is 12.2 Å². The molecule has 2 aromatic rings. The van der Waals surface area contributed by atoms with Crippen LogP contribution in [-0.4, -0.2) is 31.1 Å². The van der Waals surface area contributed by atoms with Gasteiger partial charge in [0, 0.05) is 31.3 Å². The van der Waals surface area contributed by atoms with E-state index in [2.05, 4.69) is 21.7 Å². The molecule has 1 aromatic carbocycles. The molecule has 2 heterocycles. The molecule has 0 spiro atoms. The van der Waals surface area contributed by atoms with Gasteiger partial charge < -0.3 is 15.4 Å². The van der Waals surface area contributed by atoms with Crippen LogP contribution in [0.2, 0.25) is 0 Å². The highest BCUT2D eigenvalue weighted by atomic mass is 16.5. The van der Waals surface area contributed by atoms with Crippen LogP contribution in [0, 0.1) is 5.92 Å². The van der Waals surface area contributed by atoms with Gasteiger partial charge in [-0.2, -0.15) is 0 Å². The number of pyridine rings is 1. The summed E-state index contributed by atoms with van der Waals surface area (Å²) in [6.07, 6.45) is 2.55. The summed E-state index contributed by atoms with van der Waals surface area (Å²) < 4.78 is 5.74. The van der Waals surface area contributed by atoms with E-state index >= 15 is 0 Å². The molecule has 0 radical (unpaired) electrons. The van der Waals surface area contributed by atoms with Gasteiger partial charge in [-0.1, -0.05) is 18.2 Å². The highest BCUT2D eigenvalue weighted by Gasteiger charge is 2.20. The molecule has 1 atom stereocenters. The minimum atomic E-state index is -0.0854. The first kappa shape index (κ1) is 14.4. The van der Waals surface area contributed by atoms with Gasteiger partial charge in [0.2, 0.25) is 0 Å². The Labute approximate surface area is 129 Å². The molecular weight excluding hydrogens is 278 g/mol. The molecule has 1 aromatic heterocycles. The highest BCUT2D eigenvalue weighted by molar-refractivity contribution is 5.94. The predicted molar refractivity (Wildman–Crippen MR) is 85.2 cm³/mol. The summed E-state index contributed by atoms with van der Waals surface area (Å²) in [5, 5.41) is 5.90. The Morgan fingerprint density at radius 1 is 1.36 bits per heavy atom. The summed E-state index contributed by atoms with van der Waals surface area (Å²) in [6, 6.07) is 11.5. The zero-order valence-corrected chi connectivity index (χ0v) is 12.5. The molecule has 22 heavy (non-hydrogen) atoms. The van der Waals surface area contributed by atoms with E-state index < -0.39 is 0 Å². The minimum absolute atomic E-state index is 0.0854. The molecule has 0 saturated carbocycles. The third-order valence-electron chi connectivity index (χ3n) is 3.79. The fourth-order valence-electron chi connectivity index (χ4n) is 2.57. The van der Waals surface area contributed by atoms with E-state index in [4.69, 9.17) is 4.74 Å². The van der Waals surface area contributed by atoms with Crippen molar-refractivity contribution in [2.75, 3.05) is 25.5 Å². The van der Waals surface area contributed by atoms with Crippen LogP contribution in [0.5, 0.6) is 5.75 Å². The lowest BCUT2D eigenvalue weighted by molar-refractivity contribution is 0.0939. The van der Waals surface area contributed by atoms with Gasteiger partial charge in [0.15, 0.2) is 0 Å². The maximum absolute atomic E-state index is 12.2. The molecule has 0 fully saturated rings. The van der Waals surface area contributed by atoms with Gasteiger partial charge in [0.05, 0.1) is 6.61 Å². The first-order valence-electron chi connectivity index (χ1n) is 7.39. The SMILES string of the molecule is CNc1cc(C(=O)NC[C@@H]2COc3ccccc3C2)ccn1. The molecule has 0 unspecified atom stereocenters. The van der Waals surface area contributed by atoms with Gasteiger partial charge in [-0.05, 0) is 30.2 Å². The normalized spacial score (nSPS) is 16.3. The average Bonchev–Trinajstić information content (AvgIpc) is 2.59.